The quantitative estimate of drug-likeness (QED) is 0.610. The lowest BCUT2D eigenvalue weighted by Crippen LogP contribution is -2.28. The predicted molar refractivity (Wildman–Crippen MR) is 115 cm³/mol. The molecule has 1 aromatic carbocycles. The number of carbonyl (C=O) groups excluding carboxylic acids is 1. The van der Waals surface area contributed by atoms with Crippen molar-refractivity contribution in [1.82, 2.24) is 15.0 Å². The van der Waals surface area contributed by atoms with Crippen molar-refractivity contribution in [3.63, 3.8) is 0 Å². The van der Waals surface area contributed by atoms with Crippen LogP contribution in [0, 0.1) is 0 Å². The standard InChI is InChI=1S/C21H21F2N5OS/c1-30-19-10-15(3-6-25-19)27-20(29)16-9-14-12-24-13-26-17(14)11-18(16)28-7-2-4-21(22,23)5-8-28/h3,6,9-13H,2,4-5,7-8H2,1H3,(H,25,27,29). The molecule has 0 saturated carbocycles. The molecule has 156 valence electrons. The largest absolute Gasteiger partial charge is 0.371 e. The Morgan fingerprint density at radius 2 is 2.07 bits per heavy atom. The number of rotatable bonds is 4. The van der Waals surface area contributed by atoms with Crippen LogP contribution >= 0.6 is 11.8 Å². The molecule has 3 heterocycles. The normalized spacial score (nSPS) is 16.3. The molecule has 0 atom stereocenters. The Labute approximate surface area is 177 Å². The monoisotopic (exact) mass is 429 g/mol. The predicted octanol–water partition coefficient (Wildman–Crippen LogP) is 4.62. The Morgan fingerprint density at radius 3 is 2.90 bits per heavy atom. The average Bonchev–Trinajstić information content (AvgIpc) is 2.93. The molecule has 0 aliphatic carbocycles. The maximum atomic E-state index is 13.9. The van der Waals surface area contributed by atoms with Gasteiger partial charge in [-0.3, -0.25) is 4.79 Å². The fourth-order valence-electron chi connectivity index (χ4n) is 3.56. The van der Waals surface area contributed by atoms with Crippen LogP contribution in [0.1, 0.15) is 29.6 Å². The van der Waals surface area contributed by atoms with E-state index in [4.69, 9.17) is 0 Å². The summed E-state index contributed by atoms with van der Waals surface area (Å²) in [6.45, 7) is 0.633. The molecule has 3 aromatic rings. The molecule has 2 aromatic heterocycles. The molecule has 0 bridgehead atoms. The first-order valence-electron chi connectivity index (χ1n) is 9.63. The highest BCUT2D eigenvalue weighted by Gasteiger charge is 2.32. The zero-order valence-electron chi connectivity index (χ0n) is 16.4. The van der Waals surface area contributed by atoms with E-state index in [-0.39, 0.29) is 25.3 Å². The van der Waals surface area contributed by atoms with Crippen molar-refractivity contribution >= 4 is 39.9 Å². The van der Waals surface area contributed by atoms with Gasteiger partial charge in [0, 0.05) is 49.4 Å². The number of hydrogen-bond donors (Lipinski definition) is 1. The SMILES string of the molecule is CSc1cc(NC(=O)c2cc3cncnc3cc2N2CCCC(F)(F)CC2)ccn1. The van der Waals surface area contributed by atoms with Gasteiger partial charge in [-0.25, -0.2) is 23.7 Å². The number of aromatic nitrogens is 3. The minimum Gasteiger partial charge on any atom is -0.371 e. The van der Waals surface area contributed by atoms with Crippen LogP contribution in [-0.4, -0.2) is 46.1 Å². The maximum Gasteiger partial charge on any atom is 0.257 e. The number of benzene rings is 1. The van der Waals surface area contributed by atoms with Gasteiger partial charge in [-0.05, 0) is 36.9 Å². The van der Waals surface area contributed by atoms with E-state index in [1.807, 2.05) is 11.2 Å². The fraction of sp³-hybridized carbons (Fsp3) is 0.333. The third-order valence-corrected chi connectivity index (χ3v) is 5.77. The molecule has 30 heavy (non-hydrogen) atoms. The summed E-state index contributed by atoms with van der Waals surface area (Å²) in [5.74, 6) is -2.99. The van der Waals surface area contributed by atoms with E-state index in [1.54, 1.807) is 36.7 Å². The van der Waals surface area contributed by atoms with Gasteiger partial charge >= 0.3 is 0 Å². The van der Waals surface area contributed by atoms with Crippen molar-refractivity contribution in [3.8, 4) is 0 Å². The average molecular weight is 429 g/mol. The number of carbonyl (C=O) groups is 1. The van der Waals surface area contributed by atoms with Gasteiger partial charge in [0.05, 0.1) is 21.8 Å². The van der Waals surface area contributed by atoms with Gasteiger partial charge < -0.3 is 10.2 Å². The highest BCUT2D eigenvalue weighted by atomic mass is 32.2. The summed E-state index contributed by atoms with van der Waals surface area (Å²) in [5.41, 5.74) is 2.30. The fourth-order valence-corrected chi connectivity index (χ4v) is 3.97. The number of hydrogen-bond acceptors (Lipinski definition) is 6. The van der Waals surface area contributed by atoms with Crippen molar-refractivity contribution < 1.29 is 13.6 Å². The molecule has 0 radical (unpaired) electrons. The molecule has 1 fully saturated rings. The topological polar surface area (TPSA) is 71.0 Å². The highest BCUT2D eigenvalue weighted by molar-refractivity contribution is 7.98. The Bertz CT molecular complexity index is 1080. The molecule has 6 nitrogen and oxygen atoms in total. The maximum absolute atomic E-state index is 13.9. The molecule has 9 heteroatoms. The van der Waals surface area contributed by atoms with Crippen molar-refractivity contribution in [3.05, 3.63) is 48.5 Å². The van der Waals surface area contributed by atoms with Gasteiger partial charge in [-0.15, -0.1) is 11.8 Å². The van der Waals surface area contributed by atoms with Gasteiger partial charge in [0.15, 0.2) is 0 Å². The van der Waals surface area contributed by atoms with E-state index in [9.17, 15) is 13.6 Å². The number of anilines is 2. The van der Waals surface area contributed by atoms with Gasteiger partial charge in [-0.2, -0.15) is 0 Å². The second-order valence-corrected chi connectivity index (χ2v) is 8.01. The number of pyridine rings is 1. The lowest BCUT2D eigenvalue weighted by Gasteiger charge is -2.25. The smallest absolute Gasteiger partial charge is 0.257 e. The summed E-state index contributed by atoms with van der Waals surface area (Å²) in [6, 6.07) is 7.02. The third kappa shape index (κ3) is 4.51. The van der Waals surface area contributed by atoms with E-state index >= 15 is 0 Å². The van der Waals surface area contributed by atoms with Gasteiger partial charge in [-0.1, -0.05) is 0 Å². The number of alkyl halides is 2. The molecule has 1 N–H and O–H groups in total. The minimum absolute atomic E-state index is 0.144. The molecule has 0 unspecified atom stereocenters. The summed E-state index contributed by atoms with van der Waals surface area (Å²) in [6.07, 6.45) is 6.59. The highest BCUT2D eigenvalue weighted by Crippen LogP contribution is 2.33. The number of fused-ring (bicyclic) bond motifs is 1. The van der Waals surface area contributed by atoms with Crippen LogP contribution in [0.4, 0.5) is 20.2 Å². The van der Waals surface area contributed by atoms with Crippen LogP contribution in [0.2, 0.25) is 0 Å². The number of thioether (sulfide) groups is 1. The lowest BCUT2D eigenvalue weighted by atomic mass is 10.1. The summed E-state index contributed by atoms with van der Waals surface area (Å²) in [7, 11) is 0. The number of amides is 1. The lowest BCUT2D eigenvalue weighted by molar-refractivity contribution is -0.0102. The minimum atomic E-state index is -2.68. The summed E-state index contributed by atoms with van der Waals surface area (Å²) in [4.78, 5) is 27.5. The zero-order valence-corrected chi connectivity index (χ0v) is 17.3. The van der Waals surface area contributed by atoms with Crippen LogP contribution in [0.3, 0.4) is 0 Å². The van der Waals surface area contributed by atoms with Gasteiger partial charge in [0.2, 0.25) is 5.92 Å². The molecule has 1 aliphatic heterocycles. The summed E-state index contributed by atoms with van der Waals surface area (Å²) in [5, 5.41) is 4.40. The molecule has 4 rings (SSSR count). The van der Waals surface area contributed by atoms with E-state index in [0.717, 1.165) is 5.03 Å². The van der Waals surface area contributed by atoms with Crippen LogP contribution < -0.4 is 10.2 Å². The summed E-state index contributed by atoms with van der Waals surface area (Å²) < 4.78 is 27.8. The van der Waals surface area contributed by atoms with Crippen molar-refractivity contribution in [1.29, 1.82) is 0 Å². The van der Waals surface area contributed by atoms with E-state index in [1.165, 1.54) is 18.1 Å². The molecule has 1 saturated heterocycles. The van der Waals surface area contributed by atoms with Crippen LogP contribution in [-0.2, 0) is 0 Å². The zero-order chi connectivity index (χ0) is 21.1. The Balaban J connectivity index is 1.71. The third-order valence-electron chi connectivity index (χ3n) is 5.13. The van der Waals surface area contributed by atoms with Gasteiger partial charge in [0.25, 0.3) is 5.91 Å². The molecular weight excluding hydrogens is 408 g/mol. The number of nitrogens with zero attached hydrogens (tertiary/aromatic N) is 4. The van der Waals surface area contributed by atoms with Crippen LogP contribution in [0.25, 0.3) is 10.9 Å². The summed E-state index contributed by atoms with van der Waals surface area (Å²) >= 11 is 1.48. The van der Waals surface area contributed by atoms with E-state index in [2.05, 4.69) is 20.3 Å². The number of nitrogens with one attached hydrogen (secondary N) is 1. The Hall–Kier alpha value is -2.81. The Kier molecular flexibility index (Phi) is 5.80. The van der Waals surface area contributed by atoms with Crippen LogP contribution in [0.5, 0.6) is 0 Å². The van der Waals surface area contributed by atoms with Crippen LogP contribution in [0.15, 0.2) is 48.0 Å². The second-order valence-electron chi connectivity index (χ2n) is 7.19. The second kappa shape index (κ2) is 8.51. The molecule has 0 spiro atoms. The van der Waals surface area contributed by atoms with E-state index in [0.29, 0.717) is 40.8 Å². The van der Waals surface area contributed by atoms with Gasteiger partial charge in [0.1, 0.15) is 6.33 Å². The number of halogens is 2. The molecule has 1 aliphatic rings. The first-order valence-corrected chi connectivity index (χ1v) is 10.9. The first-order chi connectivity index (χ1) is 14.4. The Morgan fingerprint density at radius 1 is 1.20 bits per heavy atom. The molecule has 1 amide bonds. The van der Waals surface area contributed by atoms with Crippen molar-refractivity contribution in [2.24, 2.45) is 0 Å². The van der Waals surface area contributed by atoms with Crippen molar-refractivity contribution in [2.75, 3.05) is 29.6 Å². The molecular formula is C21H21F2N5OS. The van der Waals surface area contributed by atoms with Crippen molar-refractivity contribution in [2.45, 2.75) is 30.2 Å². The first kappa shape index (κ1) is 20.5. The van der Waals surface area contributed by atoms with E-state index < -0.39 is 5.92 Å².